The summed E-state index contributed by atoms with van der Waals surface area (Å²) in [5.41, 5.74) is 0.519. The molecule has 0 atom stereocenters. The molecule has 1 aromatic rings. The van der Waals surface area contributed by atoms with Gasteiger partial charge in [0, 0.05) is 13.6 Å². The summed E-state index contributed by atoms with van der Waals surface area (Å²) in [6.45, 7) is 9.04. The Bertz CT molecular complexity index is 456. The van der Waals surface area contributed by atoms with Crippen molar-refractivity contribution in [1.82, 2.24) is 25.2 Å². The molecule has 1 aliphatic heterocycles. The molecular weight excluding hydrogens is 254 g/mol. The molecule has 0 saturated carbocycles. The van der Waals surface area contributed by atoms with Gasteiger partial charge in [-0.2, -0.15) is 0 Å². The number of hydrogen-bond acceptors (Lipinski definition) is 4. The van der Waals surface area contributed by atoms with Crippen LogP contribution in [0.3, 0.4) is 0 Å². The summed E-state index contributed by atoms with van der Waals surface area (Å²) in [6.07, 6.45) is 3.86. The second-order valence-electron chi connectivity index (χ2n) is 6.79. The molecule has 0 unspecified atom stereocenters. The zero-order valence-electron chi connectivity index (χ0n) is 12.9. The smallest absolute Gasteiger partial charge is 0.275 e. The molecule has 1 fully saturated rings. The highest BCUT2D eigenvalue weighted by atomic mass is 16.2. The van der Waals surface area contributed by atoms with Crippen LogP contribution in [0.15, 0.2) is 6.20 Å². The van der Waals surface area contributed by atoms with Crippen molar-refractivity contribution >= 4 is 5.91 Å². The van der Waals surface area contributed by atoms with E-state index in [9.17, 15) is 4.79 Å². The molecule has 0 radical (unpaired) electrons. The van der Waals surface area contributed by atoms with E-state index in [0.717, 1.165) is 25.9 Å². The number of piperidine rings is 1. The van der Waals surface area contributed by atoms with Gasteiger partial charge in [0.25, 0.3) is 5.91 Å². The zero-order valence-corrected chi connectivity index (χ0v) is 12.9. The molecule has 0 bridgehead atoms. The van der Waals surface area contributed by atoms with Gasteiger partial charge in [-0.05, 0) is 31.3 Å². The Balaban J connectivity index is 2.02. The fourth-order valence-electron chi connectivity index (χ4n) is 2.60. The van der Waals surface area contributed by atoms with Crippen LogP contribution < -0.4 is 5.32 Å². The largest absolute Gasteiger partial charge is 0.340 e. The van der Waals surface area contributed by atoms with Crippen molar-refractivity contribution in [2.24, 2.45) is 5.41 Å². The Morgan fingerprint density at radius 3 is 2.70 bits per heavy atom. The summed E-state index contributed by atoms with van der Waals surface area (Å²) in [6, 6.07) is 0.359. The first-order valence-electron chi connectivity index (χ1n) is 7.25. The minimum absolute atomic E-state index is 0.0555. The Kier molecular flexibility index (Phi) is 4.42. The molecule has 6 nitrogen and oxygen atoms in total. The van der Waals surface area contributed by atoms with Gasteiger partial charge in [0.05, 0.1) is 12.2 Å². The standard InChI is InChI=1S/C14H25N5O/c1-14(2,3)10-18(4)13(20)12-9-19(17-16-12)11-5-7-15-8-6-11/h9,11,15H,5-8,10H2,1-4H3. The number of aromatic nitrogens is 3. The molecule has 20 heavy (non-hydrogen) atoms. The number of carbonyl (C=O) groups is 1. The number of carbonyl (C=O) groups excluding carboxylic acids is 1. The lowest BCUT2D eigenvalue weighted by Gasteiger charge is -2.25. The van der Waals surface area contributed by atoms with Crippen molar-refractivity contribution in [3.05, 3.63) is 11.9 Å². The Morgan fingerprint density at radius 2 is 2.10 bits per heavy atom. The van der Waals surface area contributed by atoms with Crippen LogP contribution in [0.25, 0.3) is 0 Å². The van der Waals surface area contributed by atoms with Gasteiger partial charge in [0.2, 0.25) is 0 Å². The van der Waals surface area contributed by atoms with Gasteiger partial charge in [0.1, 0.15) is 0 Å². The second-order valence-corrected chi connectivity index (χ2v) is 6.79. The van der Waals surface area contributed by atoms with Crippen molar-refractivity contribution in [2.45, 2.75) is 39.7 Å². The number of amides is 1. The molecular formula is C14H25N5O. The minimum atomic E-state index is -0.0555. The van der Waals surface area contributed by atoms with Gasteiger partial charge in [-0.15, -0.1) is 5.10 Å². The summed E-state index contributed by atoms with van der Waals surface area (Å²) in [5, 5.41) is 11.5. The van der Waals surface area contributed by atoms with Gasteiger partial charge in [-0.3, -0.25) is 4.79 Å². The molecule has 1 amide bonds. The molecule has 0 spiro atoms. The predicted molar refractivity (Wildman–Crippen MR) is 77.6 cm³/mol. The first-order valence-corrected chi connectivity index (χ1v) is 7.25. The molecule has 2 rings (SSSR count). The third-order valence-electron chi connectivity index (χ3n) is 3.47. The van der Waals surface area contributed by atoms with E-state index < -0.39 is 0 Å². The number of rotatable bonds is 3. The van der Waals surface area contributed by atoms with Crippen LogP contribution in [0.2, 0.25) is 0 Å². The highest BCUT2D eigenvalue weighted by Crippen LogP contribution is 2.18. The van der Waals surface area contributed by atoms with Crippen LogP contribution in [0.5, 0.6) is 0 Å². The van der Waals surface area contributed by atoms with Crippen LogP contribution in [-0.4, -0.2) is 52.5 Å². The monoisotopic (exact) mass is 279 g/mol. The Hall–Kier alpha value is -1.43. The number of hydrogen-bond donors (Lipinski definition) is 1. The number of nitrogens with zero attached hydrogens (tertiary/aromatic N) is 4. The topological polar surface area (TPSA) is 63.1 Å². The molecule has 2 heterocycles. The molecule has 1 N–H and O–H groups in total. The van der Waals surface area contributed by atoms with E-state index in [-0.39, 0.29) is 11.3 Å². The van der Waals surface area contributed by atoms with E-state index in [1.165, 1.54) is 0 Å². The lowest BCUT2D eigenvalue weighted by molar-refractivity contribution is 0.0739. The highest BCUT2D eigenvalue weighted by molar-refractivity contribution is 5.91. The lowest BCUT2D eigenvalue weighted by atomic mass is 9.96. The average molecular weight is 279 g/mol. The summed E-state index contributed by atoms with van der Waals surface area (Å²) in [4.78, 5) is 14.0. The SMILES string of the molecule is CN(CC(C)(C)C)C(=O)c1cn(C2CCNCC2)nn1. The molecule has 0 aromatic carbocycles. The van der Waals surface area contributed by atoms with Crippen LogP contribution >= 0.6 is 0 Å². The van der Waals surface area contributed by atoms with E-state index in [2.05, 4.69) is 36.4 Å². The van der Waals surface area contributed by atoms with Crippen molar-refractivity contribution < 1.29 is 4.79 Å². The fourth-order valence-corrected chi connectivity index (χ4v) is 2.60. The molecule has 0 aliphatic carbocycles. The van der Waals surface area contributed by atoms with E-state index in [1.807, 2.05) is 11.7 Å². The summed E-state index contributed by atoms with van der Waals surface area (Å²) in [5.74, 6) is -0.0555. The molecule has 1 aliphatic rings. The molecule has 112 valence electrons. The van der Waals surface area contributed by atoms with Crippen molar-refractivity contribution in [3.8, 4) is 0 Å². The maximum Gasteiger partial charge on any atom is 0.275 e. The minimum Gasteiger partial charge on any atom is -0.340 e. The normalized spacial score (nSPS) is 17.2. The van der Waals surface area contributed by atoms with Crippen LogP contribution in [0.1, 0.15) is 50.1 Å². The third-order valence-corrected chi connectivity index (χ3v) is 3.47. The van der Waals surface area contributed by atoms with Crippen molar-refractivity contribution in [1.29, 1.82) is 0 Å². The summed E-state index contributed by atoms with van der Waals surface area (Å²) in [7, 11) is 1.82. The van der Waals surface area contributed by atoms with Gasteiger partial charge < -0.3 is 10.2 Å². The van der Waals surface area contributed by atoms with Gasteiger partial charge >= 0.3 is 0 Å². The maximum atomic E-state index is 12.3. The maximum absolute atomic E-state index is 12.3. The predicted octanol–water partition coefficient (Wildman–Crippen LogP) is 1.32. The van der Waals surface area contributed by atoms with Crippen molar-refractivity contribution in [3.63, 3.8) is 0 Å². The highest BCUT2D eigenvalue weighted by Gasteiger charge is 2.23. The fraction of sp³-hybridized carbons (Fsp3) is 0.786. The summed E-state index contributed by atoms with van der Waals surface area (Å²) < 4.78 is 1.85. The van der Waals surface area contributed by atoms with Crippen LogP contribution in [0.4, 0.5) is 0 Å². The quantitative estimate of drug-likeness (QED) is 0.906. The Morgan fingerprint density at radius 1 is 1.45 bits per heavy atom. The lowest BCUT2D eigenvalue weighted by Crippen LogP contribution is -2.34. The van der Waals surface area contributed by atoms with E-state index in [0.29, 0.717) is 18.3 Å². The van der Waals surface area contributed by atoms with E-state index in [4.69, 9.17) is 0 Å². The van der Waals surface area contributed by atoms with E-state index in [1.54, 1.807) is 11.1 Å². The third kappa shape index (κ3) is 3.79. The second kappa shape index (κ2) is 5.91. The van der Waals surface area contributed by atoms with Gasteiger partial charge in [-0.1, -0.05) is 26.0 Å². The molecule has 1 saturated heterocycles. The first kappa shape index (κ1) is 15.0. The van der Waals surface area contributed by atoms with Gasteiger partial charge in [0.15, 0.2) is 5.69 Å². The first-order chi connectivity index (χ1) is 9.37. The average Bonchev–Trinajstić information content (AvgIpc) is 2.86. The van der Waals surface area contributed by atoms with Crippen molar-refractivity contribution in [2.75, 3.05) is 26.7 Å². The van der Waals surface area contributed by atoms with E-state index >= 15 is 0 Å². The number of nitrogens with one attached hydrogen (secondary N) is 1. The van der Waals surface area contributed by atoms with Crippen LogP contribution in [0, 0.1) is 5.41 Å². The van der Waals surface area contributed by atoms with Gasteiger partial charge in [-0.25, -0.2) is 4.68 Å². The summed E-state index contributed by atoms with van der Waals surface area (Å²) >= 11 is 0. The van der Waals surface area contributed by atoms with Crippen LogP contribution in [-0.2, 0) is 0 Å². The molecule has 6 heteroatoms. The zero-order chi connectivity index (χ0) is 14.8. The Labute approximate surface area is 120 Å². The molecule has 1 aromatic heterocycles.